The number of amides is 1. The summed E-state index contributed by atoms with van der Waals surface area (Å²) in [5.41, 5.74) is 7.27. The summed E-state index contributed by atoms with van der Waals surface area (Å²) in [5, 5.41) is 7.17. The first kappa shape index (κ1) is 16.5. The number of carbonyl (C=O) groups is 1. The lowest BCUT2D eigenvalue weighted by Crippen LogP contribution is -2.22. The van der Waals surface area contributed by atoms with Gasteiger partial charge in [-0.25, -0.2) is 13.9 Å². The predicted molar refractivity (Wildman–Crippen MR) is 96.0 cm³/mol. The van der Waals surface area contributed by atoms with E-state index in [1.807, 2.05) is 0 Å². The van der Waals surface area contributed by atoms with Crippen molar-refractivity contribution in [1.29, 1.82) is 0 Å². The highest BCUT2D eigenvalue weighted by Crippen LogP contribution is 2.35. The van der Waals surface area contributed by atoms with E-state index in [0.717, 1.165) is 48.5 Å². The first-order valence-corrected chi connectivity index (χ1v) is 8.41. The normalized spacial score (nSPS) is 14.2. The lowest BCUT2D eigenvalue weighted by Gasteiger charge is -2.22. The van der Waals surface area contributed by atoms with Crippen LogP contribution in [0.25, 0.3) is 5.65 Å². The zero-order chi connectivity index (χ0) is 18.3. The standard InChI is InChI=1S/C16H15ClFN7O/c17-10-6-20-7-11(13(10)24-3-1-2-4-24)22-16(26)12-14(19)23-25-8-9(18)5-21-15(12)25/h5-8H,1-4H2,(H2,19,23)(H,22,26). The molecular formula is C16H15ClFN7O. The van der Waals surface area contributed by atoms with Crippen molar-refractivity contribution in [3.05, 3.63) is 41.2 Å². The number of nitrogen functional groups attached to an aromatic ring is 1. The topological polar surface area (TPSA) is 101 Å². The predicted octanol–water partition coefficient (Wildman–Crippen LogP) is 2.35. The van der Waals surface area contributed by atoms with Gasteiger partial charge in [0.15, 0.2) is 17.3 Å². The number of hydrogen-bond donors (Lipinski definition) is 2. The van der Waals surface area contributed by atoms with E-state index in [1.54, 1.807) is 6.20 Å². The Labute approximate surface area is 152 Å². The molecule has 1 saturated heterocycles. The largest absolute Gasteiger partial charge is 0.381 e. The van der Waals surface area contributed by atoms with Crippen LogP contribution in [0.1, 0.15) is 23.2 Å². The number of nitrogens with zero attached hydrogens (tertiary/aromatic N) is 5. The van der Waals surface area contributed by atoms with Gasteiger partial charge in [-0.2, -0.15) is 0 Å². The van der Waals surface area contributed by atoms with Gasteiger partial charge in [-0.05, 0) is 12.8 Å². The Hall–Kier alpha value is -2.94. The number of carbonyl (C=O) groups excluding carboxylic acids is 1. The Kier molecular flexibility index (Phi) is 4.08. The van der Waals surface area contributed by atoms with Gasteiger partial charge < -0.3 is 16.0 Å². The van der Waals surface area contributed by atoms with E-state index in [0.29, 0.717) is 10.7 Å². The maximum Gasteiger partial charge on any atom is 0.263 e. The number of pyridine rings is 1. The average molecular weight is 376 g/mol. The molecule has 0 radical (unpaired) electrons. The van der Waals surface area contributed by atoms with Gasteiger partial charge in [-0.1, -0.05) is 11.6 Å². The molecule has 3 aromatic heterocycles. The van der Waals surface area contributed by atoms with E-state index in [-0.39, 0.29) is 17.0 Å². The van der Waals surface area contributed by atoms with Crippen molar-refractivity contribution in [3.63, 3.8) is 0 Å². The molecule has 0 atom stereocenters. The molecule has 1 amide bonds. The lowest BCUT2D eigenvalue weighted by atomic mass is 10.2. The highest BCUT2D eigenvalue weighted by atomic mass is 35.5. The van der Waals surface area contributed by atoms with Gasteiger partial charge in [-0.3, -0.25) is 9.78 Å². The molecule has 3 aromatic rings. The molecule has 0 bridgehead atoms. The quantitative estimate of drug-likeness (QED) is 0.728. The molecule has 0 saturated carbocycles. The van der Waals surface area contributed by atoms with Crippen molar-refractivity contribution in [2.45, 2.75) is 12.8 Å². The maximum atomic E-state index is 13.3. The van der Waals surface area contributed by atoms with Crippen LogP contribution in [-0.2, 0) is 0 Å². The van der Waals surface area contributed by atoms with Crippen LogP contribution in [0.3, 0.4) is 0 Å². The van der Waals surface area contributed by atoms with Gasteiger partial charge in [0.2, 0.25) is 0 Å². The van der Waals surface area contributed by atoms with E-state index >= 15 is 0 Å². The van der Waals surface area contributed by atoms with Crippen molar-refractivity contribution in [3.8, 4) is 0 Å². The fourth-order valence-electron chi connectivity index (χ4n) is 3.11. The van der Waals surface area contributed by atoms with Crippen LogP contribution in [0.4, 0.5) is 21.6 Å². The third-order valence-corrected chi connectivity index (χ3v) is 4.52. The summed E-state index contributed by atoms with van der Waals surface area (Å²) in [6, 6.07) is 0. The molecule has 0 unspecified atom stereocenters. The highest BCUT2D eigenvalue weighted by molar-refractivity contribution is 6.34. The summed E-state index contributed by atoms with van der Waals surface area (Å²) in [5.74, 6) is -1.14. The van der Waals surface area contributed by atoms with E-state index in [9.17, 15) is 9.18 Å². The van der Waals surface area contributed by atoms with Crippen molar-refractivity contribution < 1.29 is 9.18 Å². The molecular weight excluding hydrogens is 361 g/mol. The molecule has 4 heterocycles. The van der Waals surface area contributed by atoms with E-state index in [4.69, 9.17) is 17.3 Å². The van der Waals surface area contributed by atoms with Crippen molar-refractivity contribution in [2.75, 3.05) is 29.0 Å². The Morgan fingerprint density at radius 3 is 2.81 bits per heavy atom. The van der Waals surface area contributed by atoms with Crippen molar-refractivity contribution >= 4 is 40.3 Å². The Morgan fingerprint density at radius 1 is 1.27 bits per heavy atom. The average Bonchev–Trinajstić information content (AvgIpc) is 3.21. The molecule has 1 fully saturated rings. The number of halogens is 2. The van der Waals surface area contributed by atoms with Crippen LogP contribution in [0.5, 0.6) is 0 Å². The van der Waals surface area contributed by atoms with Gasteiger partial charge in [-0.15, -0.1) is 5.10 Å². The molecule has 0 aromatic carbocycles. The van der Waals surface area contributed by atoms with E-state index in [2.05, 4.69) is 25.3 Å². The second kappa shape index (κ2) is 6.41. The summed E-state index contributed by atoms with van der Waals surface area (Å²) < 4.78 is 14.4. The van der Waals surface area contributed by atoms with Crippen LogP contribution in [0, 0.1) is 5.82 Å². The Morgan fingerprint density at radius 2 is 2.04 bits per heavy atom. The molecule has 3 N–H and O–H groups in total. The summed E-state index contributed by atoms with van der Waals surface area (Å²) in [6.07, 6.45) is 7.30. The van der Waals surface area contributed by atoms with Gasteiger partial charge in [0.05, 0.1) is 35.0 Å². The number of anilines is 3. The summed E-state index contributed by atoms with van der Waals surface area (Å²) >= 11 is 6.31. The molecule has 8 nitrogen and oxygen atoms in total. The number of nitrogens with one attached hydrogen (secondary N) is 1. The molecule has 134 valence electrons. The Balaban J connectivity index is 1.72. The molecule has 1 aliphatic heterocycles. The van der Waals surface area contributed by atoms with Crippen LogP contribution >= 0.6 is 11.6 Å². The molecule has 4 rings (SSSR count). The fraction of sp³-hybridized carbons (Fsp3) is 0.250. The molecule has 0 aliphatic carbocycles. The minimum absolute atomic E-state index is 0.0432. The van der Waals surface area contributed by atoms with Gasteiger partial charge in [0.25, 0.3) is 5.91 Å². The van der Waals surface area contributed by atoms with Gasteiger partial charge >= 0.3 is 0 Å². The molecule has 26 heavy (non-hydrogen) atoms. The number of fused-ring (bicyclic) bond motifs is 1. The molecule has 10 heteroatoms. The van der Waals surface area contributed by atoms with Crippen LogP contribution in [-0.4, -0.2) is 38.6 Å². The number of aromatic nitrogens is 4. The summed E-state index contributed by atoms with van der Waals surface area (Å²) in [4.78, 5) is 22.9. The first-order valence-electron chi connectivity index (χ1n) is 8.04. The van der Waals surface area contributed by atoms with E-state index in [1.165, 1.54) is 6.20 Å². The van der Waals surface area contributed by atoms with Crippen LogP contribution < -0.4 is 16.0 Å². The second-order valence-corrected chi connectivity index (χ2v) is 6.37. The Bertz CT molecular complexity index is 1000. The maximum absolute atomic E-state index is 13.3. The highest BCUT2D eigenvalue weighted by Gasteiger charge is 2.24. The third-order valence-electron chi connectivity index (χ3n) is 4.24. The lowest BCUT2D eigenvalue weighted by molar-refractivity contribution is 0.102. The molecule has 1 aliphatic rings. The van der Waals surface area contributed by atoms with Gasteiger partial charge in [0, 0.05) is 19.3 Å². The van der Waals surface area contributed by atoms with Crippen molar-refractivity contribution in [2.24, 2.45) is 0 Å². The zero-order valence-electron chi connectivity index (χ0n) is 13.6. The summed E-state index contributed by atoms with van der Waals surface area (Å²) in [6.45, 7) is 1.71. The minimum Gasteiger partial charge on any atom is -0.381 e. The third kappa shape index (κ3) is 2.80. The number of hydrogen-bond acceptors (Lipinski definition) is 6. The minimum atomic E-state index is -0.581. The smallest absolute Gasteiger partial charge is 0.263 e. The van der Waals surface area contributed by atoms with Crippen LogP contribution in [0.2, 0.25) is 5.02 Å². The van der Waals surface area contributed by atoms with E-state index < -0.39 is 11.7 Å². The molecule has 0 spiro atoms. The van der Waals surface area contributed by atoms with Gasteiger partial charge in [0.1, 0.15) is 5.56 Å². The van der Waals surface area contributed by atoms with Crippen LogP contribution in [0.15, 0.2) is 24.8 Å². The zero-order valence-corrected chi connectivity index (χ0v) is 14.4. The second-order valence-electron chi connectivity index (χ2n) is 5.97. The van der Waals surface area contributed by atoms with Crippen molar-refractivity contribution in [1.82, 2.24) is 19.6 Å². The number of rotatable bonds is 3. The fourth-order valence-corrected chi connectivity index (χ4v) is 3.39. The number of nitrogens with two attached hydrogens (primary N) is 1. The monoisotopic (exact) mass is 375 g/mol. The first-order chi connectivity index (χ1) is 12.5. The summed E-state index contributed by atoms with van der Waals surface area (Å²) in [7, 11) is 0. The SMILES string of the molecule is Nc1nn2cc(F)cnc2c1C(=O)Nc1cncc(Cl)c1N1CCCC1.